The minimum absolute atomic E-state index is 0.383. The Morgan fingerprint density at radius 2 is 2.00 bits per heavy atom. The van der Waals surface area contributed by atoms with Crippen molar-refractivity contribution in [1.82, 2.24) is 0 Å². The number of rotatable bonds is 2. The highest BCUT2D eigenvalue weighted by Gasteiger charge is 2.26. The normalized spacial score (nSPS) is 22.4. The number of esters is 1. The number of nitrogen functional groups attached to an aromatic ring is 1. The minimum Gasteiger partial charge on any atom is -0.440 e. The smallest absolute Gasteiger partial charge is 0.304 e. The largest absolute Gasteiger partial charge is 0.440 e. The Labute approximate surface area is 106 Å². The maximum Gasteiger partial charge on any atom is 0.304 e. The van der Waals surface area contributed by atoms with Gasteiger partial charge in [0.25, 0.3) is 0 Å². The average Bonchev–Trinajstić information content (AvgIpc) is 2.30. The molecule has 0 spiro atoms. The molecule has 1 aromatic carbocycles. The Morgan fingerprint density at radius 3 is 2.50 bits per heavy atom. The number of allylic oxidation sites excluding steroid dienone is 2. The highest BCUT2D eigenvalue weighted by atomic mass is 16.6. The number of nitrogens with two attached hydrogens (primary N) is 2. The van der Waals surface area contributed by atoms with Gasteiger partial charge >= 0.3 is 5.97 Å². The van der Waals surface area contributed by atoms with Crippen LogP contribution in [0.25, 0.3) is 5.57 Å². The average molecular weight is 244 g/mol. The summed E-state index contributed by atoms with van der Waals surface area (Å²) in [6.45, 7) is 1.35. The second-order valence-corrected chi connectivity index (χ2v) is 4.37. The molecule has 1 unspecified atom stereocenters. The molecule has 1 aliphatic rings. The van der Waals surface area contributed by atoms with Gasteiger partial charge in [-0.2, -0.15) is 0 Å². The second-order valence-electron chi connectivity index (χ2n) is 4.37. The molecule has 1 aromatic rings. The summed E-state index contributed by atoms with van der Waals surface area (Å²) in [4.78, 5) is 10.9. The van der Waals surface area contributed by atoms with E-state index in [4.69, 9.17) is 16.2 Å². The summed E-state index contributed by atoms with van der Waals surface area (Å²) >= 11 is 0. The van der Waals surface area contributed by atoms with Crippen molar-refractivity contribution in [2.75, 3.05) is 5.73 Å². The van der Waals surface area contributed by atoms with Gasteiger partial charge in [-0.15, -0.1) is 0 Å². The summed E-state index contributed by atoms with van der Waals surface area (Å²) in [5.41, 5.74) is 13.4. The lowest BCUT2D eigenvalue weighted by atomic mass is 9.95. The molecular formula is C14H16N2O2. The van der Waals surface area contributed by atoms with Crippen LogP contribution in [-0.2, 0) is 9.53 Å². The molecule has 2 rings (SSSR count). The first-order chi connectivity index (χ1) is 8.48. The van der Waals surface area contributed by atoms with Crippen LogP contribution in [0.5, 0.6) is 0 Å². The SMILES string of the molecule is CC(=O)OC1(N)C=CC(c2ccc(N)cc2)=CC1. The summed E-state index contributed by atoms with van der Waals surface area (Å²) in [6, 6.07) is 7.59. The van der Waals surface area contributed by atoms with E-state index in [9.17, 15) is 4.79 Å². The number of anilines is 1. The lowest BCUT2D eigenvalue weighted by Crippen LogP contribution is -2.42. The summed E-state index contributed by atoms with van der Waals surface area (Å²) < 4.78 is 5.07. The van der Waals surface area contributed by atoms with Crippen molar-refractivity contribution >= 4 is 17.2 Å². The van der Waals surface area contributed by atoms with Crippen LogP contribution in [0.1, 0.15) is 18.9 Å². The fourth-order valence-corrected chi connectivity index (χ4v) is 1.87. The van der Waals surface area contributed by atoms with Crippen LogP contribution in [-0.4, -0.2) is 11.7 Å². The molecule has 4 heteroatoms. The van der Waals surface area contributed by atoms with Gasteiger partial charge in [-0.05, 0) is 29.3 Å². The van der Waals surface area contributed by atoms with E-state index < -0.39 is 5.72 Å². The Balaban J connectivity index is 2.14. The van der Waals surface area contributed by atoms with Gasteiger partial charge in [0.2, 0.25) is 0 Å². The maximum atomic E-state index is 10.9. The van der Waals surface area contributed by atoms with Crippen molar-refractivity contribution in [2.45, 2.75) is 19.1 Å². The molecule has 1 aliphatic carbocycles. The summed E-state index contributed by atoms with van der Waals surface area (Å²) in [7, 11) is 0. The predicted molar refractivity (Wildman–Crippen MR) is 71.3 cm³/mol. The first-order valence-electron chi connectivity index (χ1n) is 5.72. The van der Waals surface area contributed by atoms with E-state index in [1.807, 2.05) is 36.4 Å². The van der Waals surface area contributed by atoms with Gasteiger partial charge in [0.1, 0.15) is 0 Å². The van der Waals surface area contributed by atoms with Crippen molar-refractivity contribution in [3.05, 3.63) is 48.1 Å². The fraction of sp³-hybridized carbons (Fsp3) is 0.214. The van der Waals surface area contributed by atoms with Crippen LogP contribution < -0.4 is 11.5 Å². The Kier molecular flexibility index (Phi) is 3.21. The van der Waals surface area contributed by atoms with Gasteiger partial charge in [0.05, 0.1) is 0 Å². The quantitative estimate of drug-likeness (QED) is 0.472. The predicted octanol–water partition coefficient (Wildman–Crippen LogP) is 1.83. The van der Waals surface area contributed by atoms with E-state index in [1.54, 1.807) is 6.08 Å². The van der Waals surface area contributed by atoms with Crippen LogP contribution in [0, 0.1) is 0 Å². The minimum atomic E-state index is -1.02. The van der Waals surface area contributed by atoms with Crippen molar-refractivity contribution < 1.29 is 9.53 Å². The molecule has 0 bridgehead atoms. The second kappa shape index (κ2) is 4.66. The van der Waals surface area contributed by atoms with Crippen LogP contribution in [0.4, 0.5) is 5.69 Å². The topological polar surface area (TPSA) is 78.3 Å². The molecule has 0 radical (unpaired) electrons. The molecule has 0 heterocycles. The summed E-state index contributed by atoms with van der Waals surface area (Å²) in [5.74, 6) is -0.383. The molecule has 0 aliphatic heterocycles. The zero-order valence-electron chi connectivity index (χ0n) is 10.2. The lowest BCUT2D eigenvalue weighted by molar-refractivity contribution is -0.151. The van der Waals surface area contributed by atoms with Crippen molar-refractivity contribution in [3.63, 3.8) is 0 Å². The molecule has 18 heavy (non-hydrogen) atoms. The van der Waals surface area contributed by atoms with Gasteiger partial charge in [-0.1, -0.05) is 24.3 Å². The van der Waals surface area contributed by atoms with Gasteiger partial charge in [-0.3, -0.25) is 10.5 Å². The Hall–Kier alpha value is -2.07. The number of carbonyl (C=O) groups excluding carboxylic acids is 1. The number of hydrogen-bond acceptors (Lipinski definition) is 4. The van der Waals surface area contributed by atoms with Crippen LogP contribution in [0.3, 0.4) is 0 Å². The maximum absolute atomic E-state index is 10.9. The van der Waals surface area contributed by atoms with E-state index in [-0.39, 0.29) is 5.97 Å². The van der Waals surface area contributed by atoms with Gasteiger partial charge in [-0.25, -0.2) is 0 Å². The molecule has 4 nitrogen and oxygen atoms in total. The monoisotopic (exact) mass is 244 g/mol. The van der Waals surface area contributed by atoms with Crippen LogP contribution in [0.2, 0.25) is 0 Å². The molecule has 94 valence electrons. The molecule has 0 saturated heterocycles. The van der Waals surface area contributed by atoms with Gasteiger partial charge in [0.15, 0.2) is 5.72 Å². The number of ether oxygens (including phenoxy) is 1. The Bertz CT molecular complexity index is 517. The van der Waals surface area contributed by atoms with Crippen LogP contribution in [0.15, 0.2) is 42.5 Å². The number of benzene rings is 1. The molecule has 0 aromatic heterocycles. The third-order valence-corrected chi connectivity index (χ3v) is 2.76. The highest BCUT2D eigenvalue weighted by Crippen LogP contribution is 2.26. The van der Waals surface area contributed by atoms with E-state index in [2.05, 4.69) is 0 Å². The third-order valence-electron chi connectivity index (χ3n) is 2.76. The fourth-order valence-electron chi connectivity index (χ4n) is 1.87. The standard InChI is InChI=1S/C14H16N2O2/c1-10(17)18-14(16)8-6-12(7-9-14)11-2-4-13(15)5-3-11/h2-8H,9,15-16H2,1H3. The zero-order valence-corrected chi connectivity index (χ0v) is 10.2. The zero-order chi connectivity index (χ0) is 13.2. The molecular weight excluding hydrogens is 228 g/mol. The molecule has 4 N–H and O–H groups in total. The van der Waals surface area contributed by atoms with E-state index >= 15 is 0 Å². The first kappa shape index (κ1) is 12.4. The number of carbonyl (C=O) groups is 1. The highest BCUT2D eigenvalue weighted by molar-refractivity contribution is 5.76. The molecule has 0 fully saturated rings. The molecule has 0 saturated carbocycles. The molecule has 0 amide bonds. The molecule has 1 atom stereocenters. The lowest BCUT2D eigenvalue weighted by Gasteiger charge is -2.27. The summed E-state index contributed by atoms with van der Waals surface area (Å²) in [6.07, 6.45) is 5.98. The van der Waals surface area contributed by atoms with E-state index in [1.165, 1.54) is 6.92 Å². The van der Waals surface area contributed by atoms with Crippen molar-refractivity contribution in [1.29, 1.82) is 0 Å². The van der Waals surface area contributed by atoms with E-state index in [0.29, 0.717) is 6.42 Å². The summed E-state index contributed by atoms with van der Waals surface area (Å²) in [5, 5.41) is 0. The van der Waals surface area contributed by atoms with Crippen molar-refractivity contribution in [3.8, 4) is 0 Å². The first-order valence-corrected chi connectivity index (χ1v) is 5.72. The van der Waals surface area contributed by atoms with Gasteiger partial charge in [0, 0.05) is 19.0 Å². The van der Waals surface area contributed by atoms with E-state index in [0.717, 1.165) is 16.8 Å². The number of hydrogen-bond donors (Lipinski definition) is 2. The Morgan fingerprint density at radius 1 is 1.33 bits per heavy atom. The van der Waals surface area contributed by atoms with Crippen molar-refractivity contribution in [2.24, 2.45) is 5.73 Å². The third kappa shape index (κ3) is 2.78. The van der Waals surface area contributed by atoms with Crippen LogP contribution >= 0.6 is 0 Å². The van der Waals surface area contributed by atoms with Gasteiger partial charge < -0.3 is 10.5 Å².